The van der Waals surface area contributed by atoms with Crippen LogP contribution in [-0.4, -0.2) is 20.4 Å². The number of hydrogen-bond donors (Lipinski definition) is 2. The molecule has 0 fully saturated rings. The SMILES string of the molecule is Cc1nc2c(cc1C(=O)Nc1ccc(Cl)cc1)c(=O)[nH]c(=O)n2Cc1ccccc1. The topological polar surface area (TPSA) is 96.8 Å². The second-order valence-electron chi connectivity index (χ2n) is 6.78. The number of benzene rings is 2. The molecule has 2 N–H and O–H groups in total. The standard InChI is InChI=1S/C22H17ClN4O3/c1-13-17(20(28)25-16-9-7-15(23)8-10-16)11-18-19(24-13)27(22(30)26-21(18)29)12-14-5-3-2-4-6-14/h2-11H,12H2,1H3,(H,25,28)(H,26,29,30). The van der Waals surface area contributed by atoms with Crippen LogP contribution in [0.25, 0.3) is 11.0 Å². The molecule has 0 aliphatic heterocycles. The summed E-state index contributed by atoms with van der Waals surface area (Å²) in [4.78, 5) is 44.4. The number of nitrogens with one attached hydrogen (secondary N) is 2. The van der Waals surface area contributed by atoms with Gasteiger partial charge in [-0.2, -0.15) is 0 Å². The third-order valence-corrected chi connectivity index (χ3v) is 4.94. The van der Waals surface area contributed by atoms with E-state index in [2.05, 4.69) is 15.3 Å². The zero-order chi connectivity index (χ0) is 21.3. The van der Waals surface area contributed by atoms with Crippen molar-refractivity contribution in [2.24, 2.45) is 0 Å². The van der Waals surface area contributed by atoms with E-state index in [-0.39, 0.29) is 23.1 Å². The fraction of sp³-hybridized carbons (Fsp3) is 0.0909. The maximum absolute atomic E-state index is 12.8. The molecule has 0 atom stereocenters. The number of carbonyl (C=O) groups is 1. The van der Waals surface area contributed by atoms with E-state index in [1.165, 1.54) is 10.6 Å². The first kappa shape index (κ1) is 19.6. The summed E-state index contributed by atoms with van der Waals surface area (Å²) < 4.78 is 1.39. The number of pyridine rings is 1. The molecule has 150 valence electrons. The Hall–Kier alpha value is -3.71. The van der Waals surface area contributed by atoms with Gasteiger partial charge in [-0.3, -0.25) is 19.1 Å². The number of rotatable bonds is 4. The molecular formula is C22H17ClN4O3. The Kier molecular flexibility index (Phi) is 5.20. The number of hydrogen-bond acceptors (Lipinski definition) is 4. The van der Waals surface area contributed by atoms with Crippen LogP contribution < -0.4 is 16.6 Å². The average Bonchev–Trinajstić information content (AvgIpc) is 2.73. The lowest BCUT2D eigenvalue weighted by atomic mass is 10.1. The fourth-order valence-corrected chi connectivity index (χ4v) is 3.29. The summed E-state index contributed by atoms with van der Waals surface area (Å²) in [5.74, 6) is -0.413. The van der Waals surface area contributed by atoms with E-state index in [0.29, 0.717) is 16.4 Å². The lowest BCUT2D eigenvalue weighted by Gasteiger charge is -2.12. The van der Waals surface area contributed by atoms with Crippen LogP contribution in [0.3, 0.4) is 0 Å². The molecule has 30 heavy (non-hydrogen) atoms. The fourth-order valence-electron chi connectivity index (χ4n) is 3.17. The quantitative estimate of drug-likeness (QED) is 0.529. The smallest absolute Gasteiger partial charge is 0.322 e. The van der Waals surface area contributed by atoms with Crippen LogP contribution in [0.5, 0.6) is 0 Å². The molecule has 4 aromatic rings. The van der Waals surface area contributed by atoms with Crippen molar-refractivity contribution in [1.29, 1.82) is 0 Å². The van der Waals surface area contributed by atoms with Gasteiger partial charge in [-0.05, 0) is 42.8 Å². The Labute approximate surface area is 176 Å². The Bertz CT molecular complexity index is 1360. The highest BCUT2D eigenvalue weighted by Gasteiger charge is 2.17. The summed E-state index contributed by atoms with van der Waals surface area (Å²) in [5, 5.41) is 3.48. The van der Waals surface area contributed by atoms with Crippen LogP contribution in [0.1, 0.15) is 21.6 Å². The number of H-pyrrole nitrogens is 1. The van der Waals surface area contributed by atoms with Crippen molar-refractivity contribution < 1.29 is 4.79 Å². The zero-order valence-electron chi connectivity index (χ0n) is 16.0. The number of anilines is 1. The van der Waals surface area contributed by atoms with Gasteiger partial charge in [-0.1, -0.05) is 41.9 Å². The molecule has 1 amide bonds. The number of carbonyl (C=O) groups excluding carboxylic acids is 1. The summed E-state index contributed by atoms with van der Waals surface area (Å²) >= 11 is 5.87. The van der Waals surface area contributed by atoms with Crippen molar-refractivity contribution in [3.05, 3.63) is 103 Å². The lowest BCUT2D eigenvalue weighted by Crippen LogP contribution is -2.32. The summed E-state index contributed by atoms with van der Waals surface area (Å²) in [7, 11) is 0. The van der Waals surface area contributed by atoms with Gasteiger partial charge >= 0.3 is 5.69 Å². The van der Waals surface area contributed by atoms with Crippen LogP contribution in [0.15, 0.2) is 70.3 Å². The Balaban J connectivity index is 1.78. The molecular weight excluding hydrogens is 404 g/mol. The molecule has 8 heteroatoms. The number of halogens is 1. The van der Waals surface area contributed by atoms with Gasteiger partial charge in [0.15, 0.2) is 0 Å². The predicted molar refractivity (Wildman–Crippen MR) is 116 cm³/mol. The number of aryl methyl sites for hydroxylation is 1. The normalized spacial score (nSPS) is 10.9. The van der Waals surface area contributed by atoms with Crippen molar-refractivity contribution in [1.82, 2.24) is 14.5 Å². The minimum absolute atomic E-state index is 0.164. The third-order valence-electron chi connectivity index (χ3n) is 4.69. The van der Waals surface area contributed by atoms with E-state index in [0.717, 1.165) is 5.56 Å². The summed E-state index contributed by atoms with van der Waals surface area (Å²) in [6.07, 6.45) is 0. The summed E-state index contributed by atoms with van der Waals surface area (Å²) in [6.45, 7) is 1.91. The van der Waals surface area contributed by atoms with Gasteiger partial charge in [0.2, 0.25) is 0 Å². The molecule has 0 spiro atoms. The Morgan fingerprint density at radius 2 is 1.80 bits per heavy atom. The van der Waals surface area contributed by atoms with Gasteiger partial charge < -0.3 is 5.32 Å². The molecule has 0 aliphatic rings. The highest BCUT2D eigenvalue weighted by Crippen LogP contribution is 2.17. The monoisotopic (exact) mass is 420 g/mol. The molecule has 2 aromatic carbocycles. The van der Waals surface area contributed by atoms with Crippen molar-refractivity contribution >= 4 is 34.2 Å². The van der Waals surface area contributed by atoms with Crippen molar-refractivity contribution in [2.75, 3.05) is 5.32 Å². The van der Waals surface area contributed by atoms with E-state index in [1.54, 1.807) is 31.2 Å². The maximum Gasteiger partial charge on any atom is 0.330 e. The molecule has 0 bridgehead atoms. The van der Waals surface area contributed by atoms with E-state index in [4.69, 9.17) is 11.6 Å². The Morgan fingerprint density at radius 1 is 1.10 bits per heavy atom. The average molecular weight is 421 g/mol. The van der Waals surface area contributed by atoms with Crippen LogP contribution in [-0.2, 0) is 6.54 Å². The molecule has 0 saturated carbocycles. The molecule has 2 aromatic heterocycles. The van der Waals surface area contributed by atoms with Gasteiger partial charge in [-0.15, -0.1) is 0 Å². The number of aromatic nitrogens is 3. The minimum atomic E-state index is -0.590. The highest BCUT2D eigenvalue weighted by molar-refractivity contribution is 6.30. The first-order chi connectivity index (χ1) is 14.4. The number of amides is 1. The molecule has 4 rings (SSSR count). The molecule has 2 heterocycles. The highest BCUT2D eigenvalue weighted by atomic mass is 35.5. The largest absolute Gasteiger partial charge is 0.330 e. The number of fused-ring (bicyclic) bond motifs is 1. The molecule has 0 aliphatic carbocycles. The van der Waals surface area contributed by atoms with E-state index in [9.17, 15) is 14.4 Å². The van der Waals surface area contributed by atoms with E-state index >= 15 is 0 Å². The van der Waals surface area contributed by atoms with Crippen molar-refractivity contribution in [3.8, 4) is 0 Å². The minimum Gasteiger partial charge on any atom is -0.322 e. The van der Waals surface area contributed by atoms with Gasteiger partial charge in [0.05, 0.1) is 23.2 Å². The number of aromatic amines is 1. The summed E-state index contributed by atoms with van der Waals surface area (Å²) in [6, 6.07) is 17.5. The molecule has 7 nitrogen and oxygen atoms in total. The summed E-state index contributed by atoms with van der Waals surface area (Å²) in [5.41, 5.74) is 1.18. The molecule has 0 saturated heterocycles. The second kappa shape index (κ2) is 7.96. The predicted octanol–water partition coefficient (Wildman–Crippen LogP) is 3.35. The van der Waals surface area contributed by atoms with Crippen LogP contribution in [0, 0.1) is 6.92 Å². The maximum atomic E-state index is 12.8. The third kappa shape index (κ3) is 3.88. The van der Waals surface area contributed by atoms with Crippen LogP contribution >= 0.6 is 11.6 Å². The molecule has 0 radical (unpaired) electrons. The molecule has 0 unspecified atom stereocenters. The van der Waals surface area contributed by atoms with Crippen molar-refractivity contribution in [2.45, 2.75) is 13.5 Å². The van der Waals surface area contributed by atoms with Crippen LogP contribution in [0.4, 0.5) is 5.69 Å². The number of nitrogens with zero attached hydrogens (tertiary/aromatic N) is 2. The van der Waals surface area contributed by atoms with Gasteiger partial charge in [0.1, 0.15) is 5.65 Å². The second-order valence-corrected chi connectivity index (χ2v) is 7.22. The first-order valence-corrected chi connectivity index (χ1v) is 9.55. The zero-order valence-corrected chi connectivity index (χ0v) is 16.7. The van der Waals surface area contributed by atoms with Crippen LogP contribution in [0.2, 0.25) is 5.02 Å². The lowest BCUT2D eigenvalue weighted by molar-refractivity contribution is 0.102. The van der Waals surface area contributed by atoms with Gasteiger partial charge in [0, 0.05) is 10.7 Å². The first-order valence-electron chi connectivity index (χ1n) is 9.17. The Morgan fingerprint density at radius 3 is 2.50 bits per heavy atom. The van der Waals surface area contributed by atoms with Crippen molar-refractivity contribution in [3.63, 3.8) is 0 Å². The van der Waals surface area contributed by atoms with E-state index < -0.39 is 17.2 Å². The van der Waals surface area contributed by atoms with E-state index in [1.807, 2.05) is 30.3 Å². The van der Waals surface area contributed by atoms with Gasteiger partial charge in [-0.25, -0.2) is 9.78 Å². The van der Waals surface area contributed by atoms with Gasteiger partial charge in [0.25, 0.3) is 11.5 Å².